The Morgan fingerprint density at radius 2 is 2.08 bits per heavy atom. The molecule has 0 radical (unpaired) electrons. The van der Waals surface area contributed by atoms with Gasteiger partial charge in [0.15, 0.2) is 5.82 Å². The molecule has 1 saturated heterocycles. The molecule has 1 aliphatic heterocycles. The molecule has 2 aromatic rings. The Kier molecular flexibility index (Phi) is 6.60. The van der Waals surface area contributed by atoms with Crippen molar-refractivity contribution in [1.29, 1.82) is 0 Å². The fraction of sp³-hybridized carbons (Fsp3) is 0.526. The van der Waals surface area contributed by atoms with E-state index < -0.39 is 0 Å². The average Bonchev–Trinajstić information content (AvgIpc) is 3.16. The van der Waals surface area contributed by atoms with E-state index in [1.54, 1.807) is 0 Å². The fourth-order valence-electron chi connectivity index (χ4n) is 2.94. The molecule has 0 aliphatic carbocycles. The Bertz CT molecular complexity index is 681. The van der Waals surface area contributed by atoms with Gasteiger partial charge in [0.05, 0.1) is 12.7 Å². The molecule has 0 saturated carbocycles. The Morgan fingerprint density at radius 3 is 2.81 bits per heavy atom. The molecule has 140 valence electrons. The molecule has 1 aromatic heterocycles. The van der Waals surface area contributed by atoms with Crippen LogP contribution in [0.15, 0.2) is 34.9 Å². The highest BCUT2D eigenvalue weighted by atomic mass is 16.5. The van der Waals surface area contributed by atoms with Crippen molar-refractivity contribution in [3.63, 3.8) is 0 Å². The maximum absolute atomic E-state index is 11.9. The number of ether oxygens (including phenoxy) is 1. The second-order valence-corrected chi connectivity index (χ2v) is 6.42. The molecule has 0 unspecified atom stereocenters. The lowest BCUT2D eigenvalue weighted by Gasteiger charge is -2.31. The first-order valence-corrected chi connectivity index (χ1v) is 9.28. The van der Waals surface area contributed by atoms with Gasteiger partial charge in [-0.25, -0.2) is 4.79 Å². The van der Waals surface area contributed by atoms with Crippen LogP contribution in [0.25, 0.3) is 11.5 Å². The normalized spacial score (nSPS) is 15.2. The number of amides is 2. The van der Waals surface area contributed by atoms with E-state index in [0.29, 0.717) is 24.7 Å². The zero-order valence-corrected chi connectivity index (χ0v) is 15.2. The van der Waals surface area contributed by atoms with Gasteiger partial charge >= 0.3 is 6.03 Å². The van der Waals surface area contributed by atoms with E-state index in [1.807, 2.05) is 42.2 Å². The van der Waals surface area contributed by atoms with Gasteiger partial charge in [0.25, 0.3) is 5.89 Å². The molecule has 26 heavy (non-hydrogen) atoms. The number of nitrogens with one attached hydrogen (secondary N) is 1. The fourth-order valence-corrected chi connectivity index (χ4v) is 2.94. The number of hydrogen-bond donors (Lipinski definition) is 1. The number of piperidine rings is 1. The second kappa shape index (κ2) is 9.33. The number of hydrogen-bond acceptors (Lipinski definition) is 5. The van der Waals surface area contributed by atoms with Crippen molar-refractivity contribution in [3.8, 4) is 11.5 Å². The Morgan fingerprint density at radius 1 is 1.31 bits per heavy atom. The molecule has 0 bridgehead atoms. The summed E-state index contributed by atoms with van der Waals surface area (Å²) in [4.78, 5) is 18.2. The third kappa shape index (κ3) is 5.05. The van der Waals surface area contributed by atoms with Crippen LogP contribution in [0.2, 0.25) is 0 Å². The van der Waals surface area contributed by atoms with Crippen molar-refractivity contribution < 1.29 is 14.1 Å². The summed E-state index contributed by atoms with van der Waals surface area (Å²) in [5, 5.41) is 6.93. The monoisotopic (exact) mass is 358 g/mol. The minimum atomic E-state index is 0.0329. The van der Waals surface area contributed by atoms with Crippen LogP contribution < -0.4 is 5.32 Å². The predicted octanol–water partition coefficient (Wildman–Crippen LogP) is 2.88. The van der Waals surface area contributed by atoms with Gasteiger partial charge < -0.3 is 19.5 Å². The summed E-state index contributed by atoms with van der Waals surface area (Å²) in [6.07, 6.45) is 3.48. The topological polar surface area (TPSA) is 80.5 Å². The number of carbonyl (C=O) groups excluding carboxylic acids is 1. The van der Waals surface area contributed by atoms with Gasteiger partial charge in [-0.15, -0.1) is 0 Å². The molecule has 3 rings (SSSR count). The third-order valence-corrected chi connectivity index (χ3v) is 4.42. The molecular formula is C19H26N4O3. The highest BCUT2D eigenvalue weighted by Gasteiger charge is 2.23. The summed E-state index contributed by atoms with van der Waals surface area (Å²) in [6, 6.07) is 9.75. The molecule has 2 heterocycles. The quantitative estimate of drug-likeness (QED) is 0.823. The molecule has 1 aromatic carbocycles. The first-order valence-electron chi connectivity index (χ1n) is 9.28. The van der Waals surface area contributed by atoms with Gasteiger partial charge in [0, 0.05) is 31.6 Å². The summed E-state index contributed by atoms with van der Waals surface area (Å²) in [6.45, 7) is 4.81. The minimum Gasteiger partial charge on any atom is -0.378 e. The van der Waals surface area contributed by atoms with E-state index in [0.717, 1.165) is 44.5 Å². The van der Waals surface area contributed by atoms with E-state index >= 15 is 0 Å². The molecule has 1 N–H and O–H groups in total. The second-order valence-electron chi connectivity index (χ2n) is 6.42. The predicted molar refractivity (Wildman–Crippen MR) is 97.7 cm³/mol. The van der Waals surface area contributed by atoms with Crippen LogP contribution in [0, 0.1) is 0 Å². The lowest BCUT2D eigenvalue weighted by atomic mass is 10.1. The summed E-state index contributed by atoms with van der Waals surface area (Å²) in [7, 11) is 0. The molecule has 1 aliphatic rings. The van der Waals surface area contributed by atoms with Crippen LogP contribution >= 0.6 is 0 Å². The van der Waals surface area contributed by atoms with Crippen LogP contribution in [0.4, 0.5) is 4.79 Å². The summed E-state index contributed by atoms with van der Waals surface area (Å²) >= 11 is 0. The Hall–Kier alpha value is -2.41. The van der Waals surface area contributed by atoms with Gasteiger partial charge in [0.2, 0.25) is 0 Å². The minimum absolute atomic E-state index is 0.0329. The largest absolute Gasteiger partial charge is 0.378 e. The van der Waals surface area contributed by atoms with Crippen LogP contribution in [-0.2, 0) is 11.2 Å². The lowest BCUT2D eigenvalue weighted by molar-refractivity contribution is 0.0158. The Balaban J connectivity index is 1.37. The standard InChI is InChI=1S/C19H26N4O3/c1-2-11-20-19(24)23-12-8-16(9-13-23)25-14-10-17-21-18(26-22-17)15-6-4-3-5-7-15/h3-7,16H,2,8-14H2,1H3,(H,20,24). The molecule has 7 heteroatoms. The van der Waals surface area contributed by atoms with Gasteiger partial charge in [-0.1, -0.05) is 30.3 Å². The number of benzene rings is 1. The van der Waals surface area contributed by atoms with E-state index in [4.69, 9.17) is 9.26 Å². The van der Waals surface area contributed by atoms with Gasteiger partial charge in [-0.3, -0.25) is 0 Å². The molecule has 7 nitrogen and oxygen atoms in total. The van der Waals surface area contributed by atoms with Gasteiger partial charge in [-0.2, -0.15) is 4.98 Å². The maximum Gasteiger partial charge on any atom is 0.317 e. The molecule has 2 amide bonds. The van der Waals surface area contributed by atoms with Crippen molar-refractivity contribution in [3.05, 3.63) is 36.2 Å². The van der Waals surface area contributed by atoms with Crippen LogP contribution in [0.3, 0.4) is 0 Å². The van der Waals surface area contributed by atoms with E-state index in [1.165, 1.54) is 0 Å². The third-order valence-electron chi connectivity index (χ3n) is 4.42. The molecular weight excluding hydrogens is 332 g/mol. The summed E-state index contributed by atoms with van der Waals surface area (Å²) < 4.78 is 11.2. The summed E-state index contributed by atoms with van der Waals surface area (Å²) in [5.74, 6) is 1.19. The van der Waals surface area contributed by atoms with Crippen molar-refractivity contribution in [1.82, 2.24) is 20.4 Å². The van der Waals surface area contributed by atoms with Crippen LogP contribution in [0.5, 0.6) is 0 Å². The smallest absolute Gasteiger partial charge is 0.317 e. The molecule has 0 spiro atoms. The van der Waals surface area contributed by atoms with Crippen molar-refractivity contribution >= 4 is 6.03 Å². The zero-order valence-electron chi connectivity index (χ0n) is 15.2. The maximum atomic E-state index is 11.9. The van der Waals surface area contributed by atoms with Crippen LogP contribution in [0.1, 0.15) is 32.0 Å². The lowest BCUT2D eigenvalue weighted by Crippen LogP contribution is -2.46. The van der Waals surface area contributed by atoms with Crippen molar-refractivity contribution in [2.24, 2.45) is 0 Å². The average molecular weight is 358 g/mol. The number of rotatable bonds is 7. The highest BCUT2D eigenvalue weighted by molar-refractivity contribution is 5.74. The highest BCUT2D eigenvalue weighted by Crippen LogP contribution is 2.17. The number of nitrogens with zero attached hydrogens (tertiary/aromatic N) is 3. The number of carbonyl (C=O) groups is 1. The first kappa shape index (κ1) is 18.4. The number of aromatic nitrogens is 2. The Labute approximate surface area is 153 Å². The van der Waals surface area contributed by atoms with E-state index in [9.17, 15) is 4.79 Å². The van der Waals surface area contributed by atoms with Crippen LogP contribution in [-0.4, -0.2) is 53.4 Å². The van der Waals surface area contributed by atoms with E-state index in [2.05, 4.69) is 15.5 Å². The van der Waals surface area contributed by atoms with Crippen molar-refractivity contribution in [2.45, 2.75) is 38.7 Å². The number of likely N-dealkylation sites (tertiary alicyclic amines) is 1. The van der Waals surface area contributed by atoms with Gasteiger partial charge in [-0.05, 0) is 31.4 Å². The molecule has 1 fully saturated rings. The SMILES string of the molecule is CCCNC(=O)N1CCC(OCCc2noc(-c3ccccc3)n2)CC1. The summed E-state index contributed by atoms with van der Waals surface area (Å²) in [5.41, 5.74) is 0.917. The van der Waals surface area contributed by atoms with E-state index in [-0.39, 0.29) is 12.1 Å². The first-order chi connectivity index (χ1) is 12.8. The number of urea groups is 1. The molecule has 0 atom stereocenters. The van der Waals surface area contributed by atoms with Crippen molar-refractivity contribution in [2.75, 3.05) is 26.2 Å². The van der Waals surface area contributed by atoms with Gasteiger partial charge in [0.1, 0.15) is 0 Å². The zero-order chi connectivity index (χ0) is 18.2.